The van der Waals surface area contributed by atoms with Gasteiger partial charge in [-0.2, -0.15) is 0 Å². The zero-order valence-corrected chi connectivity index (χ0v) is 13.4. The standard InChI is InChI=1S/C14H27F2N3O2/c1-11(12(15)16)17-5-6-18-7-9-19(10-8-18)13(20)21-14(2,3)4/h11-12,17H,5-10H2,1-4H3. The van der Waals surface area contributed by atoms with E-state index in [-0.39, 0.29) is 6.09 Å². The van der Waals surface area contributed by atoms with Crippen LogP contribution in [0.3, 0.4) is 0 Å². The molecule has 1 unspecified atom stereocenters. The average Bonchev–Trinajstić information content (AvgIpc) is 2.37. The molecule has 7 heteroatoms. The van der Waals surface area contributed by atoms with Gasteiger partial charge in [0.2, 0.25) is 0 Å². The van der Waals surface area contributed by atoms with Crippen molar-refractivity contribution < 1.29 is 18.3 Å². The fourth-order valence-electron chi connectivity index (χ4n) is 2.02. The largest absolute Gasteiger partial charge is 0.444 e. The van der Waals surface area contributed by atoms with Gasteiger partial charge >= 0.3 is 6.09 Å². The summed E-state index contributed by atoms with van der Waals surface area (Å²) in [6, 6.07) is -0.784. The van der Waals surface area contributed by atoms with E-state index >= 15 is 0 Å². The monoisotopic (exact) mass is 307 g/mol. The molecule has 0 aromatic carbocycles. The molecule has 5 nitrogen and oxygen atoms in total. The van der Waals surface area contributed by atoms with Gasteiger partial charge < -0.3 is 15.0 Å². The summed E-state index contributed by atoms with van der Waals surface area (Å²) in [5.41, 5.74) is -0.483. The van der Waals surface area contributed by atoms with Crippen LogP contribution < -0.4 is 5.32 Å². The highest BCUT2D eigenvalue weighted by Gasteiger charge is 2.25. The Labute approximate surface area is 125 Å². The van der Waals surface area contributed by atoms with Crippen LogP contribution in [0.2, 0.25) is 0 Å². The van der Waals surface area contributed by atoms with Crippen molar-refractivity contribution in [2.45, 2.75) is 45.8 Å². The molecule has 1 fully saturated rings. The molecule has 1 rings (SSSR count). The maximum atomic E-state index is 12.3. The second-order valence-corrected chi connectivity index (χ2v) is 6.39. The number of alkyl halides is 2. The highest BCUT2D eigenvalue weighted by atomic mass is 19.3. The molecule has 0 aliphatic carbocycles. The molecule has 1 aliphatic rings. The Morgan fingerprint density at radius 1 is 1.24 bits per heavy atom. The number of carbonyl (C=O) groups is 1. The molecular formula is C14H27F2N3O2. The number of nitrogens with one attached hydrogen (secondary N) is 1. The zero-order chi connectivity index (χ0) is 16.0. The minimum atomic E-state index is -2.34. The van der Waals surface area contributed by atoms with Crippen molar-refractivity contribution in [1.29, 1.82) is 0 Å². The topological polar surface area (TPSA) is 44.8 Å². The van der Waals surface area contributed by atoms with Crippen LogP contribution in [0, 0.1) is 0 Å². The van der Waals surface area contributed by atoms with Crippen LogP contribution >= 0.6 is 0 Å². The minimum absolute atomic E-state index is 0.286. The van der Waals surface area contributed by atoms with Gasteiger partial charge in [0.1, 0.15) is 5.60 Å². The van der Waals surface area contributed by atoms with Crippen molar-refractivity contribution in [3.05, 3.63) is 0 Å². The maximum Gasteiger partial charge on any atom is 0.410 e. The fraction of sp³-hybridized carbons (Fsp3) is 0.929. The molecule has 0 bridgehead atoms. The first kappa shape index (κ1) is 18.1. The Balaban J connectivity index is 2.22. The van der Waals surface area contributed by atoms with E-state index in [1.54, 1.807) is 4.90 Å². The smallest absolute Gasteiger partial charge is 0.410 e. The van der Waals surface area contributed by atoms with E-state index in [1.165, 1.54) is 6.92 Å². The summed E-state index contributed by atoms with van der Waals surface area (Å²) in [7, 11) is 0. The summed E-state index contributed by atoms with van der Waals surface area (Å²) in [6.45, 7) is 10.9. The lowest BCUT2D eigenvalue weighted by atomic mass is 10.2. The number of carbonyl (C=O) groups excluding carboxylic acids is 1. The Bertz CT molecular complexity index is 327. The number of hydrogen-bond acceptors (Lipinski definition) is 4. The first-order valence-electron chi connectivity index (χ1n) is 7.41. The number of rotatable bonds is 5. The normalized spacial score (nSPS) is 18.9. The van der Waals surface area contributed by atoms with Crippen LogP contribution in [-0.4, -0.2) is 73.2 Å². The molecule has 0 spiro atoms. The molecule has 1 N–H and O–H groups in total. The number of ether oxygens (including phenoxy) is 1. The van der Waals surface area contributed by atoms with Gasteiger partial charge in [0.15, 0.2) is 0 Å². The van der Waals surface area contributed by atoms with Crippen molar-refractivity contribution in [3.63, 3.8) is 0 Å². The molecule has 0 saturated carbocycles. The summed E-state index contributed by atoms with van der Waals surface area (Å²) >= 11 is 0. The van der Waals surface area contributed by atoms with Crippen molar-refractivity contribution in [3.8, 4) is 0 Å². The first-order valence-corrected chi connectivity index (χ1v) is 7.41. The molecule has 1 amide bonds. The van der Waals surface area contributed by atoms with E-state index in [0.29, 0.717) is 26.2 Å². The third kappa shape index (κ3) is 7.04. The van der Waals surface area contributed by atoms with E-state index < -0.39 is 18.1 Å². The molecule has 0 aromatic rings. The minimum Gasteiger partial charge on any atom is -0.444 e. The number of amides is 1. The summed E-state index contributed by atoms with van der Waals surface area (Å²) in [5, 5.41) is 2.80. The zero-order valence-electron chi connectivity index (χ0n) is 13.4. The van der Waals surface area contributed by atoms with Gasteiger partial charge in [0, 0.05) is 39.3 Å². The lowest BCUT2D eigenvalue weighted by molar-refractivity contribution is 0.0143. The van der Waals surface area contributed by atoms with Gasteiger partial charge in [-0.25, -0.2) is 13.6 Å². The van der Waals surface area contributed by atoms with Crippen molar-refractivity contribution in [1.82, 2.24) is 15.1 Å². The number of halogens is 2. The van der Waals surface area contributed by atoms with Crippen LogP contribution in [0.5, 0.6) is 0 Å². The van der Waals surface area contributed by atoms with E-state index in [9.17, 15) is 13.6 Å². The van der Waals surface area contributed by atoms with Crippen molar-refractivity contribution >= 4 is 6.09 Å². The Hall–Kier alpha value is -0.950. The molecule has 21 heavy (non-hydrogen) atoms. The van der Waals surface area contributed by atoms with E-state index in [2.05, 4.69) is 10.2 Å². The molecule has 0 aromatic heterocycles. The van der Waals surface area contributed by atoms with Crippen LogP contribution in [0.15, 0.2) is 0 Å². The highest BCUT2D eigenvalue weighted by molar-refractivity contribution is 5.68. The predicted octanol–water partition coefficient (Wildman–Crippen LogP) is 1.78. The molecule has 124 valence electrons. The molecule has 1 saturated heterocycles. The van der Waals surface area contributed by atoms with Crippen LogP contribution in [0.4, 0.5) is 13.6 Å². The van der Waals surface area contributed by atoms with Crippen LogP contribution in [0.1, 0.15) is 27.7 Å². The lowest BCUT2D eigenvalue weighted by Crippen LogP contribution is -2.51. The average molecular weight is 307 g/mol. The molecular weight excluding hydrogens is 280 g/mol. The molecule has 1 heterocycles. The Morgan fingerprint density at radius 3 is 2.29 bits per heavy atom. The predicted molar refractivity (Wildman–Crippen MR) is 77.7 cm³/mol. The maximum absolute atomic E-state index is 12.3. The van der Waals surface area contributed by atoms with Gasteiger partial charge in [-0.15, -0.1) is 0 Å². The second-order valence-electron chi connectivity index (χ2n) is 6.39. The second kappa shape index (κ2) is 7.89. The van der Waals surface area contributed by atoms with E-state index in [0.717, 1.165) is 13.1 Å². The number of piperazine rings is 1. The summed E-state index contributed by atoms with van der Waals surface area (Å²) < 4.78 is 30.0. The molecule has 1 aliphatic heterocycles. The highest BCUT2D eigenvalue weighted by Crippen LogP contribution is 2.11. The van der Waals surface area contributed by atoms with E-state index in [1.807, 2.05) is 20.8 Å². The third-order valence-corrected chi connectivity index (χ3v) is 3.30. The summed E-state index contributed by atoms with van der Waals surface area (Å²) in [5.74, 6) is 0. The molecule has 0 radical (unpaired) electrons. The van der Waals surface area contributed by atoms with Gasteiger partial charge in [-0.1, -0.05) is 0 Å². The van der Waals surface area contributed by atoms with Gasteiger partial charge in [-0.05, 0) is 27.7 Å². The Kier molecular flexibility index (Phi) is 6.80. The summed E-state index contributed by atoms with van der Waals surface area (Å²) in [6.07, 6.45) is -2.62. The Morgan fingerprint density at radius 2 is 1.81 bits per heavy atom. The van der Waals surface area contributed by atoms with Crippen molar-refractivity contribution in [2.75, 3.05) is 39.3 Å². The SMILES string of the molecule is CC(NCCN1CCN(C(=O)OC(C)(C)C)CC1)C(F)F. The summed E-state index contributed by atoms with van der Waals surface area (Å²) in [4.78, 5) is 15.7. The van der Waals surface area contributed by atoms with Gasteiger partial charge in [0.25, 0.3) is 6.43 Å². The number of nitrogens with zero attached hydrogens (tertiary/aromatic N) is 2. The fourth-order valence-corrected chi connectivity index (χ4v) is 2.02. The van der Waals surface area contributed by atoms with Crippen molar-refractivity contribution in [2.24, 2.45) is 0 Å². The van der Waals surface area contributed by atoms with E-state index in [4.69, 9.17) is 4.74 Å². The van der Waals surface area contributed by atoms with Crippen LogP contribution in [-0.2, 0) is 4.74 Å². The van der Waals surface area contributed by atoms with Crippen LogP contribution in [0.25, 0.3) is 0 Å². The first-order chi connectivity index (χ1) is 9.69. The lowest BCUT2D eigenvalue weighted by Gasteiger charge is -2.35. The van der Waals surface area contributed by atoms with Gasteiger partial charge in [-0.3, -0.25) is 4.90 Å². The van der Waals surface area contributed by atoms with Gasteiger partial charge in [0.05, 0.1) is 6.04 Å². The quantitative estimate of drug-likeness (QED) is 0.841. The number of hydrogen-bond donors (Lipinski definition) is 1. The third-order valence-electron chi connectivity index (χ3n) is 3.30. The molecule has 1 atom stereocenters.